The molecule has 0 saturated carbocycles. The van der Waals surface area contributed by atoms with Crippen molar-refractivity contribution in [2.75, 3.05) is 0 Å². The normalized spacial score (nSPS) is 10.0. The Morgan fingerprint density at radius 2 is 1.46 bits per heavy atom. The van der Waals surface area contributed by atoms with Crippen LogP contribution in [0, 0.1) is 0 Å². The topological polar surface area (TPSA) is 132 Å². The van der Waals surface area contributed by atoms with Crippen molar-refractivity contribution < 1.29 is 10.2 Å². The van der Waals surface area contributed by atoms with Gasteiger partial charge in [0.25, 0.3) is 11.1 Å². The van der Waals surface area contributed by atoms with Crippen molar-refractivity contribution in [3.05, 3.63) is 68.4 Å². The minimum atomic E-state index is -0.248. The maximum atomic E-state index is 11.3. The van der Waals surface area contributed by atoms with E-state index in [0.717, 1.165) is 0 Å². The Hall–Kier alpha value is -3.20. The first-order valence-corrected chi connectivity index (χ1v) is 7.77. The maximum absolute atomic E-state index is 11.3. The van der Waals surface area contributed by atoms with Crippen LogP contribution in [-0.4, -0.2) is 30.1 Å². The second-order valence-electron chi connectivity index (χ2n) is 4.96. The van der Waals surface area contributed by atoms with Gasteiger partial charge in [-0.15, -0.1) is 0 Å². The third kappa shape index (κ3) is 3.57. The van der Waals surface area contributed by atoms with Gasteiger partial charge in [-0.05, 0) is 28.1 Å². The number of hydrogen-bond acceptors (Lipinski definition) is 6. The van der Waals surface area contributed by atoms with E-state index in [4.69, 9.17) is 0 Å². The van der Waals surface area contributed by atoms with Crippen LogP contribution in [0.3, 0.4) is 0 Å². The summed E-state index contributed by atoms with van der Waals surface area (Å²) >= 11 is 3.03. The molecule has 0 radical (unpaired) electrons. The number of aromatic amines is 2. The van der Waals surface area contributed by atoms with Crippen molar-refractivity contribution in [1.29, 1.82) is 0 Å². The van der Waals surface area contributed by atoms with Crippen molar-refractivity contribution in [1.82, 2.24) is 19.9 Å². The van der Waals surface area contributed by atoms with Gasteiger partial charge in [0.2, 0.25) is 0 Å². The van der Waals surface area contributed by atoms with Crippen LogP contribution in [0.15, 0.2) is 57.3 Å². The summed E-state index contributed by atoms with van der Waals surface area (Å²) < 4.78 is 0.276. The number of halogens is 1. The lowest BCUT2D eigenvalue weighted by molar-refractivity contribution is 0.474. The summed E-state index contributed by atoms with van der Waals surface area (Å²) in [5, 5.41) is 20.6. The number of H-pyrrole nitrogens is 2. The Bertz CT molecular complexity index is 1190. The first-order valence-electron chi connectivity index (χ1n) is 6.98. The SMILES string of the molecule is C.O=c1[nH]c(Br)c(O)c2cnccc12.O=c1[nH]cc(O)c2cnccc12. The number of aromatic hydroxyl groups is 2. The molecule has 0 saturated heterocycles. The van der Waals surface area contributed by atoms with E-state index in [0.29, 0.717) is 21.5 Å². The van der Waals surface area contributed by atoms with Crippen molar-refractivity contribution >= 4 is 37.5 Å². The quantitative estimate of drug-likeness (QED) is 0.324. The molecule has 0 aliphatic rings. The van der Waals surface area contributed by atoms with E-state index in [1.54, 1.807) is 12.1 Å². The van der Waals surface area contributed by atoms with Gasteiger partial charge in [-0.25, -0.2) is 0 Å². The smallest absolute Gasteiger partial charge is 0.257 e. The van der Waals surface area contributed by atoms with Gasteiger partial charge in [0.15, 0.2) is 5.75 Å². The van der Waals surface area contributed by atoms with Gasteiger partial charge < -0.3 is 20.2 Å². The van der Waals surface area contributed by atoms with Gasteiger partial charge >= 0.3 is 0 Å². The maximum Gasteiger partial charge on any atom is 0.257 e. The highest BCUT2D eigenvalue weighted by Crippen LogP contribution is 2.27. The van der Waals surface area contributed by atoms with Gasteiger partial charge in [-0.1, -0.05) is 7.43 Å². The van der Waals surface area contributed by atoms with Gasteiger partial charge in [0, 0.05) is 36.4 Å². The number of rotatable bonds is 0. The summed E-state index contributed by atoms with van der Waals surface area (Å²) in [5.74, 6) is 0.0420. The Morgan fingerprint density at radius 1 is 0.885 bits per heavy atom. The molecule has 26 heavy (non-hydrogen) atoms. The molecule has 4 N–H and O–H groups in total. The van der Waals surface area contributed by atoms with Gasteiger partial charge in [0.05, 0.1) is 16.2 Å². The van der Waals surface area contributed by atoms with Gasteiger partial charge in [-0.3, -0.25) is 19.6 Å². The summed E-state index contributed by atoms with van der Waals surface area (Å²) in [6.45, 7) is 0. The molecule has 0 bridgehead atoms. The highest BCUT2D eigenvalue weighted by atomic mass is 79.9. The van der Waals surface area contributed by atoms with Crippen molar-refractivity contribution in [2.24, 2.45) is 0 Å². The molecule has 9 heteroatoms. The molecule has 4 rings (SSSR count). The first-order chi connectivity index (χ1) is 12.0. The molecular weight excluding hydrogens is 404 g/mol. The van der Waals surface area contributed by atoms with Crippen LogP contribution in [0.2, 0.25) is 0 Å². The number of aromatic nitrogens is 4. The fourth-order valence-electron chi connectivity index (χ4n) is 2.21. The zero-order valence-corrected chi connectivity index (χ0v) is 14.1. The molecule has 0 atom stereocenters. The van der Waals surface area contributed by atoms with Crippen LogP contribution in [0.4, 0.5) is 0 Å². The highest BCUT2D eigenvalue weighted by Gasteiger charge is 2.07. The monoisotopic (exact) mass is 418 g/mol. The van der Waals surface area contributed by atoms with Gasteiger partial charge in [0.1, 0.15) is 10.4 Å². The van der Waals surface area contributed by atoms with E-state index in [1.807, 2.05) is 0 Å². The Labute approximate surface area is 155 Å². The van der Waals surface area contributed by atoms with E-state index < -0.39 is 0 Å². The summed E-state index contributed by atoms with van der Waals surface area (Å²) in [5.41, 5.74) is -0.465. The standard InChI is InChI=1S/C8H5BrN2O2.C8H6N2O2.CH4/c9-7-6(12)5-3-10-2-1-4(5)8(13)11-7;11-7-4-10-8(12)5-1-2-9-3-6(5)7;/h1-3,12H,(H,11,13);1-4,11H,(H,10,12);1H4. The third-order valence-corrected chi connectivity index (χ3v) is 4.01. The van der Waals surface area contributed by atoms with Crippen molar-refractivity contribution in [2.45, 2.75) is 7.43 Å². The van der Waals surface area contributed by atoms with E-state index in [9.17, 15) is 19.8 Å². The molecule has 4 aromatic heterocycles. The number of fused-ring (bicyclic) bond motifs is 2. The van der Waals surface area contributed by atoms with E-state index in [2.05, 4.69) is 35.9 Å². The Morgan fingerprint density at radius 3 is 2.08 bits per heavy atom. The van der Waals surface area contributed by atoms with E-state index in [1.165, 1.54) is 31.0 Å². The minimum Gasteiger partial charge on any atom is -0.506 e. The molecule has 0 aliphatic carbocycles. The average molecular weight is 419 g/mol. The van der Waals surface area contributed by atoms with Crippen LogP contribution in [-0.2, 0) is 0 Å². The minimum absolute atomic E-state index is 0. The summed E-state index contributed by atoms with van der Waals surface area (Å²) in [6, 6.07) is 3.12. The molecule has 8 nitrogen and oxygen atoms in total. The predicted molar refractivity (Wildman–Crippen MR) is 102 cm³/mol. The molecule has 4 heterocycles. The third-order valence-electron chi connectivity index (χ3n) is 3.43. The summed E-state index contributed by atoms with van der Waals surface area (Å²) in [6.07, 6.45) is 7.18. The predicted octanol–water partition coefficient (Wildman–Crippen LogP) is 2.66. The number of nitrogens with zero attached hydrogens (tertiary/aromatic N) is 2. The lowest BCUT2D eigenvalue weighted by Crippen LogP contribution is -2.06. The summed E-state index contributed by atoms with van der Waals surface area (Å²) in [4.78, 5) is 35.0. The van der Waals surface area contributed by atoms with Gasteiger partial charge in [-0.2, -0.15) is 0 Å². The zero-order valence-electron chi connectivity index (χ0n) is 12.5. The number of nitrogens with one attached hydrogen (secondary N) is 2. The second kappa shape index (κ2) is 7.79. The van der Waals surface area contributed by atoms with Crippen LogP contribution in [0.1, 0.15) is 7.43 Å². The molecule has 134 valence electrons. The molecule has 0 fully saturated rings. The second-order valence-corrected chi connectivity index (χ2v) is 5.76. The molecular formula is C17H15BrN4O4. The molecule has 0 spiro atoms. The molecule has 0 amide bonds. The largest absolute Gasteiger partial charge is 0.506 e. The first kappa shape index (κ1) is 19.1. The molecule has 4 aromatic rings. The van der Waals surface area contributed by atoms with Crippen molar-refractivity contribution in [3.8, 4) is 11.5 Å². The molecule has 0 aliphatic heterocycles. The van der Waals surface area contributed by atoms with Crippen LogP contribution < -0.4 is 11.1 Å². The Balaban J connectivity index is 0.000000180. The van der Waals surface area contributed by atoms with Crippen LogP contribution in [0.5, 0.6) is 11.5 Å². The Kier molecular flexibility index (Phi) is 5.73. The highest BCUT2D eigenvalue weighted by molar-refractivity contribution is 9.10. The van der Waals surface area contributed by atoms with Crippen LogP contribution in [0.25, 0.3) is 21.5 Å². The van der Waals surface area contributed by atoms with E-state index >= 15 is 0 Å². The average Bonchev–Trinajstić information content (AvgIpc) is 2.64. The fraction of sp³-hybridized carbons (Fsp3) is 0.0588. The molecule has 0 unspecified atom stereocenters. The van der Waals surface area contributed by atoms with Crippen LogP contribution >= 0.6 is 15.9 Å². The fourth-order valence-corrected chi connectivity index (χ4v) is 2.61. The number of pyridine rings is 4. The zero-order chi connectivity index (χ0) is 18.0. The molecule has 0 aromatic carbocycles. The van der Waals surface area contributed by atoms with Crippen molar-refractivity contribution in [3.63, 3.8) is 0 Å². The van der Waals surface area contributed by atoms with E-state index in [-0.39, 0.29) is 34.6 Å². The summed E-state index contributed by atoms with van der Waals surface area (Å²) in [7, 11) is 0. The lowest BCUT2D eigenvalue weighted by Gasteiger charge is -2.00. The number of hydrogen-bond donors (Lipinski definition) is 4. The lowest BCUT2D eigenvalue weighted by atomic mass is 10.2.